The monoisotopic (exact) mass is 237 g/mol. The molecule has 0 spiro atoms. The second-order valence-electron chi connectivity index (χ2n) is 3.35. The van der Waals surface area contributed by atoms with Gasteiger partial charge in [0.15, 0.2) is 0 Å². The van der Waals surface area contributed by atoms with Crippen molar-refractivity contribution in [3.63, 3.8) is 0 Å². The molecule has 0 fully saturated rings. The molecule has 0 bridgehead atoms. The molecule has 16 heavy (non-hydrogen) atoms. The van der Waals surface area contributed by atoms with Crippen LogP contribution >= 0.6 is 11.6 Å². The topological polar surface area (TPSA) is 34.4 Å². The molecule has 1 aromatic carbocycles. The Balaban J connectivity index is 2.45. The molecule has 0 aliphatic rings. The van der Waals surface area contributed by atoms with Gasteiger partial charge < -0.3 is 14.4 Å². The Hall–Kier alpha value is -1.45. The molecule has 0 saturated heterocycles. The van der Waals surface area contributed by atoms with Gasteiger partial charge in [-0.3, -0.25) is 0 Å². The maximum atomic E-state index is 9.16. The van der Waals surface area contributed by atoms with Crippen molar-refractivity contribution in [2.24, 2.45) is 0 Å². The first kappa shape index (κ1) is 11.0. The van der Waals surface area contributed by atoms with Gasteiger partial charge in [0.05, 0.1) is 18.7 Å². The molecule has 1 heterocycles. The zero-order chi connectivity index (χ0) is 11.5. The van der Waals surface area contributed by atoms with Gasteiger partial charge in [-0.2, -0.15) is 0 Å². The van der Waals surface area contributed by atoms with E-state index < -0.39 is 0 Å². The number of hydrogen-bond acceptors (Lipinski definition) is 2. The van der Waals surface area contributed by atoms with Gasteiger partial charge in [0, 0.05) is 17.6 Å². The van der Waals surface area contributed by atoms with E-state index in [1.54, 1.807) is 19.2 Å². The molecule has 1 aromatic heterocycles. The summed E-state index contributed by atoms with van der Waals surface area (Å²) in [6.07, 6.45) is 1.88. The minimum atomic E-state index is -0.00333. The molecule has 0 aliphatic carbocycles. The molecule has 0 unspecified atom stereocenters. The van der Waals surface area contributed by atoms with Gasteiger partial charge in [0.2, 0.25) is 0 Å². The molecule has 0 amide bonds. The number of halogens is 1. The number of aliphatic hydroxyl groups excluding tert-OH is 1. The van der Waals surface area contributed by atoms with Crippen LogP contribution in [0.1, 0.15) is 5.69 Å². The van der Waals surface area contributed by atoms with Crippen LogP contribution < -0.4 is 4.74 Å². The van der Waals surface area contributed by atoms with Crippen molar-refractivity contribution < 1.29 is 9.84 Å². The molecule has 0 aliphatic heterocycles. The average Bonchev–Trinajstić information content (AvgIpc) is 2.77. The van der Waals surface area contributed by atoms with E-state index in [0.29, 0.717) is 10.8 Å². The molecule has 0 radical (unpaired) electrons. The quantitative estimate of drug-likeness (QED) is 0.891. The lowest BCUT2D eigenvalue weighted by Gasteiger charge is -2.09. The SMILES string of the molecule is COc1ccc(-n2cccc2CO)cc1Cl. The highest BCUT2D eigenvalue weighted by molar-refractivity contribution is 6.32. The Morgan fingerprint density at radius 2 is 2.19 bits per heavy atom. The normalized spacial score (nSPS) is 10.4. The zero-order valence-electron chi connectivity index (χ0n) is 8.85. The third-order valence-electron chi connectivity index (χ3n) is 2.41. The van der Waals surface area contributed by atoms with Crippen LogP contribution in [0.15, 0.2) is 36.5 Å². The Bertz CT molecular complexity index is 494. The second-order valence-corrected chi connectivity index (χ2v) is 3.75. The van der Waals surface area contributed by atoms with E-state index in [2.05, 4.69) is 0 Å². The van der Waals surface area contributed by atoms with E-state index in [4.69, 9.17) is 21.4 Å². The van der Waals surface area contributed by atoms with Gasteiger partial charge in [-0.25, -0.2) is 0 Å². The van der Waals surface area contributed by atoms with Gasteiger partial charge in [-0.05, 0) is 30.3 Å². The van der Waals surface area contributed by atoms with Crippen molar-refractivity contribution in [2.45, 2.75) is 6.61 Å². The van der Waals surface area contributed by atoms with Crippen molar-refractivity contribution in [2.75, 3.05) is 7.11 Å². The first-order chi connectivity index (χ1) is 7.76. The van der Waals surface area contributed by atoms with Crippen LogP contribution in [0.2, 0.25) is 5.02 Å². The lowest BCUT2D eigenvalue weighted by atomic mass is 10.3. The van der Waals surface area contributed by atoms with Crippen LogP contribution in [-0.2, 0) is 6.61 Å². The molecule has 3 nitrogen and oxygen atoms in total. The van der Waals surface area contributed by atoms with Gasteiger partial charge in [-0.15, -0.1) is 0 Å². The number of hydrogen-bond donors (Lipinski definition) is 1. The number of rotatable bonds is 3. The Labute approximate surface area is 98.8 Å². The van der Waals surface area contributed by atoms with Gasteiger partial charge in [-0.1, -0.05) is 11.6 Å². The van der Waals surface area contributed by atoms with E-state index in [1.165, 1.54) is 0 Å². The summed E-state index contributed by atoms with van der Waals surface area (Å²) in [6, 6.07) is 9.24. The average molecular weight is 238 g/mol. The van der Waals surface area contributed by atoms with Crippen LogP contribution in [0.4, 0.5) is 0 Å². The summed E-state index contributed by atoms with van der Waals surface area (Å²) in [6.45, 7) is -0.00333. The minimum absolute atomic E-state index is 0.00333. The van der Waals surface area contributed by atoms with Crippen LogP contribution in [0.25, 0.3) is 5.69 Å². The Kier molecular flexibility index (Phi) is 3.17. The largest absolute Gasteiger partial charge is 0.495 e. The van der Waals surface area contributed by atoms with Crippen molar-refractivity contribution in [3.8, 4) is 11.4 Å². The van der Waals surface area contributed by atoms with E-state index in [9.17, 15) is 0 Å². The lowest BCUT2D eigenvalue weighted by molar-refractivity contribution is 0.274. The highest BCUT2D eigenvalue weighted by atomic mass is 35.5. The van der Waals surface area contributed by atoms with E-state index in [0.717, 1.165) is 11.4 Å². The summed E-state index contributed by atoms with van der Waals surface area (Å²) in [5.41, 5.74) is 1.72. The first-order valence-corrected chi connectivity index (χ1v) is 5.25. The molecule has 0 atom stereocenters. The van der Waals surface area contributed by atoms with Crippen LogP contribution in [0, 0.1) is 0 Å². The highest BCUT2D eigenvalue weighted by Crippen LogP contribution is 2.27. The summed E-state index contributed by atoms with van der Waals surface area (Å²) < 4.78 is 6.96. The third kappa shape index (κ3) is 1.92. The van der Waals surface area contributed by atoms with Crippen LogP contribution in [0.3, 0.4) is 0 Å². The van der Waals surface area contributed by atoms with Gasteiger partial charge in [0.25, 0.3) is 0 Å². The lowest BCUT2D eigenvalue weighted by Crippen LogP contribution is -1.98. The van der Waals surface area contributed by atoms with E-state index in [-0.39, 0.29) is 6.61 Å². The summed E-state index contributed by atoms with van der Waals surface area (Å²) in [4.78, 5) is 0. The molecule has 1 N–H and O–H groups in total. The minimum Gasteiger partial charge on any atom is -0.495 e. The summed E-state index contributed by atoms with van der Waals surface area (Å²) in [7, 11) is 1.58. The molecular formula is C12H12ClNO2. The molecule has 2 aromatic rings. The molecule has 4 heteroatoms. The third-order valence-corrected chi connectivity index (χ3v) is 2.70. The van der Waals surface area contributed by atoms with Crippen LogP contribution in [0.5, 0.6) is 5.75 Å². The molecule has 84 valence electrons. The van der Waals surface area contributed by atoms with Crippen molar-refractivity contribution >= 4 is 11.6 Å². The number of aromatic nitrogens is 1. The molecule has 0 saturated carbocycles. The Morgan fingerprint density at radius 1 is 1.38 bits per heavy atom. The number of methoxy groups -OCH3 is 1. The highest BCUT2D eigenvalue weighted by Gasteiger charge is 2.05. The van der Waals surface area contributed by atoms with Crippen molar-refractivity contribution in [3.05, 3.63) is 47.2 Å². The standard InChI is InChI=1S/C12H12ClNO2/c1-16-12-5-4-9(7-11(12)13)14-6-2-3-10(14)8-15/h2-7,15H,8H2,1H3. The summed E-state index contributed by atoms with van der Waals surface area (Å²) in [5.74, 6) is 0.642. The maximum absolute atomic E-state index is 9.16. The Morgan fingerprint density at radius 3 is 2.81 bits per heavy atom. The smallest absolute Gasteiger partial charge is 0.137 e. The molecular weight excluding hydrogens is 226 g/mol. The zero-order valence-corrected chi connectivity index (χ0v) is 9.61. The second kappa shape index (κ2) is 4.60. The molecule has 2 rings (SSSR count). The number of nitrogens with zero attached hydrogens (tertiary/aromatic N) is 1. The predicted molar refractivity (Wildman–Crippen MR) is 63.3 cm³/mol. The number of aliphatic hydroxyl groups is 1. The fraction of sp³-hybridized carbons (Fsp3) is 0.167. The fourth-order valence-corrected chi connectivity index (χ4v) is 1.85. The predicted octanol–water partition coefficient (Wildman–Crippen LogP) is 2.63. The van der Waals surface area contributed by atoms with Crippen molar-refractivity contribution in [1.29, 1.82) is 0 Å². The van der Waals surface area contributed by atoms with E-state index >= 15 is 0 Å². The fourth-order valence-electron chi connectivity index (χ4n) is 1.60. The first-order valence-electron chi connectivity index (χ1n) is 4.87. The number of benzene rings is 1. The van der Waals surface area contributed by atoms with E-state index in [1.807, 2.05) is 29.0 Å². The van der Waals surface area contributed by atoms with Gasteiger partial charge >= 0.3 is 0 Å². The van der Waals surface area contributed by atoms with Crippen LogP contribution in [-0.4, -0.2) is 16.8 Å². The van der Waals surface area contributed by atoms with Crippen molar-refractivity contribution in [1.82, 2.24) is 4.57 Å². The van der Waals surface area contributed by atoms with Gasteiger partial charge in [0.1, 0.15) is 5.75 Å². The summed E-state index contributed by atoms with van der Waals surface area (Å²) in [5, 5.41) is 9.71. The maximum Gasteiger partial charge on any atom is 0.137 e. The summed E-state index contributed by atoms with van der Waals surface area (Å²) >= 11 is 6.04. The number of ether oxygens (including phenoxy) is 1.